The molecular weight excluding hydrogens is 118 g/mol. The lowest BCUT2D eigenvalue weighted by atomic mass is 10.1. The van der Waals surface area contributed by atoms with Gasteiger partial charge in [-0.1, -0.05) is 0 Å². The van der Waals surface area contributed by atoms with Gasteiger partial charge in [0.15, 0.2) is 0 Å². The summed E-state index contributed by atoms with van der Waals surface area (Å²) in [4.78, 5) is 0. The molecule has 0 aliphatic carbocycles. The maximum absolute atomic E-state index is 8.30. The molecule has 1 unspecified atom stereocenters. The Morgan fingerprint density at radius 3 is 2.75 bits per heavy atom. The van der Waals surface area contributed by atoms with Crippen LogP contribution in [-0.4, -0.2) is 12.0 Å². The molecule has 8 heavy (non-hydrogen) atoms. The molecule has 0 radical (unpaired) electrons. The summed E-state index contributed by atoms with van der Waals surface area (Å²) < 4.78 is 0. The number of nitrogens with zero attached hydrogens (tertiary/aromatic N) is 1. The predicted octanol–water partition coefficient (Wildman–Crippen LogP) is 1.90. The monoisotopic (exact) mass is 129 g/mol. The van der Waals surface area contributed by atoms with Gasteiger partial charge in [-0.25, -0.2) is 0 Å². The van der Waals surface area contributed by atoms with Gasteiger partial charge in [-0.3, -0.25) is 0 Å². The third-order valence-corrected chi connectivity index (χ3v) is 1.62. The van der Waals surface area contributed by atoms with E-state index in [4.69, 9.17) is 5.26 Å². The van der Waals surface area contributed by atoms with Gasteiger partial charge in [0, 0.05) is 5.92 Å². The molecule has 0 saturated carbocycles. The zero-order valence-electron chi connectivity index (χ0n) is 5.35. The molecule has 1 nitrogen and oxygen atoms in total. The van der Waals surface area contributed by atoms with Crippen LogP contribution in [0.1, 0.15) is 13.3 Å². The zero-order chi connectivity index (χ0) is 6.41. The average Bonchev–Trinajstić information content (AvgIpc) is 1.83. The van der Waals surface area contributed by atoms with Crippen LogP contribution in [0.25, 0.3) is 0 Å². The van der Waals surface area contributed by atoms with Crippen LogP contribution in [0.5, 0.6) is 0 Å². The van der Waals surface area contributed by atoms with E-state index in [1.54, 1.807) is 11.8 Å². The molecular formula is C6H11NS. The van der Waals surface area contributed by atoms with E-state index in [1.807, 2.05) is 6.92 Å². The fourth-order valence-corrected chi connectivity index (χ4v) is 0.948. The van der Waals surface area contributed by atoms with Crippen LogP contribution in [0.15, 0.2) is 0 Å². The molecule has 2 heteroatoms. The lowest BCUT2D eigenvalue weighted by Crippen LogP contribution is -1.90. The van der Waals surface area contributed by atoms with Gasteiger partial charge in [0.1, 0.15) is 0 Å². The van der Waals surface area contributed by atoms with Gasteiger partial charge < -0.3 is 0 Å². The highest BCUT2D eigenvalue weighted by Crippen LogP contribution is 2.04. The zero-order valence-corrected chi connectivity index (χ0v) is 6.16. The Balaban J connectivity index is 3.02. The Morgan fingerprint density at radius 2 is 2.38 bits per heavy atom. The van der Waals surface area contributed by atoms with Crippen LogP contribution in [0.3, 0.4) is 0 Å². The van der Waals surface area contributed by atoms with E-state index in [-0.39, 0.29) is 5.92 Å². The summed E-state index contributed by atoms with van der Waals surface area (Å²) in [6.45, 7) is 1.95. The highest BCUT2D eigenvalue weighted by molar-refractivity contribution is 7.98. The van der Waals surface area contributed by atoms with Crippen molar-refractivity contribution in [2.45, 2.75) is 13.3 Å². The second-order valence-electron chi connectivity index (χ2n) is 1.81. The topological polar surface area (TPSA) is 23.8 Å². The maximum atomic E-state index is 8.30. The second-order valence-corrected chi connectivity index (χ2v) is 2.80. The van der Waals surface area contributed by atoms with Gasteiger partial charge in [0.25, 0.3) is 0 Å². The van der Waals surface area contributed by atoms with Crippen molar-refractivity contribution in [1.82, 2.24) is 0 Å². The lowest BCUT2D eigenvalue weighted by Gasteiger charge is -1.96. The minimum absolute atomic E-state index is 0.238. The van der Waals surface area contributed by atoms with Gasteiger partial charge in [-0.15, -0.1) is 0 Å². The fourth-order valence-electron chi connectivity index (χ4n) is 0.359. The van der Waals surface area contributed by atoms with Crippen LogP contribution in [0.2, 0.25) is 0 Å². The minimum Gasteiger partial charge on any atom is -0.198 e. The normalized spacial score (nSPS) is 12.6. The van der Waals surface area contributed by atoms with E-state index in [9.17, 15) is 0 Å². The second kappa shape index (κ2) is 4.99. The molecule has 0 N–H and O–H groups in total. The molecule has 1 atom stereocenters. The number of hydrogen-bond donors (Lipinski definition) is 0. The Bertz CT molecular complexity index is 85.0. The largest absolute Gasteiger partial charge is 0.198 e. The van der Waals surface area contributed by atoms with Gasteiger partial charge in [0.05, 0.1) is 6.07 Å². The van der Waals surface area contributed by atoms with Crippen LogP contribution < -0.4 is 0 Å². The summed E-state index contributed by atoms with van der Waals surface area (Å²) in [5, 5.41) is 8.30. The van der Waals surface area contributed by atoms with Crippen molar-refractivity contribution in [2.24, 2.45) is 5.92 Å². The van der Waals surface area contributed by atoms with Gasteiger partial charge in [-0.05, 0) is 25.4 Å². The maximum Gasteiger partial charge on any atom is 0.0653 e. The summed E-state index contributed by atoms with van der Waals surface area (Å²) in [5.41, 5.74) is 0. The van der Waals surface area contributed by atoms with Gasteiger partial charge in [0.2, 0.25) is 0 Å². The first-order chi connectivity index (χ1) is 3.81. The number of nitriles is 1. The molecule has 0 amide bonds. The van der Waals surface area contributed by atoms with Crippen molar-refractivity contribution >= 4 is 11.8 Å². The highest BCUT2D eigenvalue weighted by atomic mass is 32.2. The Morgan fingerprint density at radius 1 is 1.75 bits per heavy atom. The Labute approximate surface area is 55.1 Å². The van der Waals surface area contributed by atoms with Crippen LogP contribution in [0, 0.1) is 17.2 Å². The first-order valence-corrected chi connectivity index (χ1v) is 4.09. The smallest absolute Gasteiger partial charge is 0.0653 e. The predicted molar refractivity (Wildman–Crippen MR) is 37.8 cm³/mol. The van der Waals surface area contributed by atoms with E-state index >= 15 is 0 Å². The summed E-state index contributed by atoms with van der Waals surface area (Å²) in [7, 11) is 0. The molecule has 0 heterocycles. The summed E-state index contributed by atoms with van der Waals surface area (Å²) >= 11 is 1.79. The molecule has 0 aliphatic heterocycles. The lowest BCUT2D eigenvalue weighted by molar-refractivity contribution is 0.721. The van der Waals surface area contributed by atoms with Crippen LogP contribution in [0.4, 0.5) is 0 Å². The summed E-state index contributed by atoms with van der Waals surface area (Å²) in [6, 6.07) is 2.19. The fraction of sp³-hybridized carbons (Fsp3) is 0.833. The van der Waals surface area contributed by atoms with Crippen molar-refractivity contribution < 1.29 is 0 Å². The number of rotatable bonds is 3. The summed E-state index contributed by atoms with van der Waals surface area (Å²) in [5.74, 6) is 1.34. The average molecular weight is 129 g/mol. The van der Waals surface area contributed by atoms with Crippen molar-refractivity contribution in [1.29, 1.82) is 5.26 Å². The van der Waals surface area contributed by atoms with E-state index in [2.05, 4.69) is 12.3 Å². The number of hydrogen-bond acceptors (Lipinski definition) is 2. The van der Waals surface area contributed by atoms with E-state index < -0.39 is 0 Å². The third kappa shape index (κ3) is 4.01. The van der Waals surface area contributed by atoms with Gasteiger partial charge in [-0.2, -0.15) is 17.0 Å². The first kappa shape index (κ1) is 7.84. The van der Waals surface area contributed by atoms with Crippen molar-refractivity contribution in [3.8, 4) is 6.07 Å². The van der Waals surface area contributed by atoms with Crippen LogP contribution >= 0.6 is 11.8 Å². The molecule has 0 spiro atoms. The van der Waals surface area contributed by atoms with Crippen molar-refractivity contribution in [3.05, 3.63) is 0 Å². The highest BCUT2D eigenvalue weighted by Gasteiger charge is 1.95. The van der Waals surface area contributed by atoms with Crippen molar-refractivity contribution in [2.75, 3.05) is 12.0 Å². The SMILES string of the molecule is CSCCC(C)C#N. The number of thioether (sulfide) groups is 1. The van der Waals surface area contributed by atoms with E-state index in [0.29, 0.717) is 0 Å². The minimum atomic E-state index is 0.238. The molecule has 0 aromatic carbocycles. The molecule has 46 valence electrons. The molecule has 0 aliphatic rings. The van der Waals surface area contributed by atoms with Crippen molar-refractivity contribution in [3.63, 3.8) is 0 Å². The third-order valence-electron chi connectivity index (χ3n) is 0.975. The van der Waals surface area contributed by atoms with Gasteiger partial charge >= 0.3 is 0 Å². The molecule has 0 aromatic rings. The first-order valence-electron chi connectivity index (χ1n) is 2.69. The molecule has 0 aromatic heterocycles. The Kier molecular flexibility index (Phi) is 4.89. The van der Waals surface area contributed by atoms with E-state index in [1.165, 1.54) is 0 Å². The molecule has 0 saturated heterocycles. The molecule has 0 bridgehead atoms. The van der Waals surface area contributed by atoms with E-state index in [0.717, 1.165) is 12.2 Å². The molecule has 0 rings (SSSR count). The standard InChI is InChI=1S/C6H11NS/c1-6(5-7)3-4-8-2/h6H,3-4H2,1-2H3. The summed E-state index contributed by atoms with van der Waals surface area (Å²) in [6.07, 6.45) is 3.09. The quantitative estimate of drug-likeness (QED) is 0.581. The molecule has 0 fully saturated rings. The van der Waals surface area contributed by atoms with Crippen LogP contribution in [-0.2, 0) is 0 Å². The Hall–Kier alpha value is -0.160.